The molecule has 0 aromatic carbocycles. The van der Waals surface area contributed by atoms with Gasteiger partial charge in [-0.1, -0.05) is 6.92 Å². The van der Waals surface area contributed by atoms with Crippen LogP contribution in [0.5, 0.6) is 0 Å². The van der Waals surface area contributed by atoms with Crippen molar-refractivity contribution in [1.29, 1.82) is 0 Å². The number of carbonyl (C=O) groups is 1. The van der Waals surface area contributed by atoms with Crippen LogP contribution in [0, 0.1) is 5.92 Å². The number of methoxy groups -OCH3 is 1. The molecule has 1 amide bonds. The van der Waals surface area contributed by atoms with Crippen LogP contribution in [0.1, 0.15) is 33.6 Å². The Balaban J connectivity index is 2.36. The predicted molar refractivity (Wildman–Crippen MR) is 64.3 cm³/mol. The first-order valence-corrected chi connectivity index (χ1v) is 6.04. The summed E-state index contributed by atoms with van der Waals surface area (Å²) in [5.74, 6) is 0.578. The molecule has 4 heteroatoms. The number of piperidine rings is 1. The fourth-order valence-corrected chi connectivity index (χ4v) is 1.90. The second kappa shape index (κ2) is 5.64. The van der Waals surface area contributed by atoms with Crippen molar-refractivity contribution in [3.05, 3.63) is 0 Å². The van der Waals surface area contributed by atoms with Crippen molar-refractivity contribution in [2.75, 3.05) is 20.2 Å². The summed E-state index contributed by atoms with van der Waals surface area (Å²) in [6.07, 6.45) is 2.47. The summed E-state index contributed by atoms with van der Waals surface area (Å²) in [6.45, 7) is 7.52. The highest BCUT2D eigenvalue weighted by Crippen LogP contribution is 2.15. The fraction of sp³-hybridized carbons (Fsp3) is 0.917. The average molecular weight is 228 g/mol. The zero-order valence-corrected chi connectivity index (χ0v) is 10.8. The zero-order valence-electron chi connectivity index (χ0n) is 10.8. The van der Waals surface area contributed by atoms with E-state index in [-0.39, 0.29) is 5.91 Å². The molecule has 0 aliphatic carbocycles. The summed E-state index contributed by atoms with van der Waals surface area (Å²) in [5, 5.41) is 6.39. The Morgan fingerprint density at radius 3 is 2.81 bits per heavy atom. The Kier molecular flexibility index (Phi) is 4.74. The molecule has 0 aromatic heterocycles. The number of rotatable bonds is 4. The lowest BCUT2D eigenvalue weighted by molar-refractivity contribution is -0.139. The number of amides is 1. The SMILES string of the molecule is COC(C)(C)C(=O)NCC1NCCCC1C. The molecule has 1 saturated heterocycles. The van der Waals surface area contributed by atoms with Crippen molar-refractivity contribution >= 4 is 5.91 Å². The molecule has 1 rings (SSSR count). The van der Waals surface area contributed by atoms with Crippen LogP contribution in [-0.2, 0) is 9.53 Å². The third kappa shape index (κ3) is 3.46. The first kappa shape index (κ1) is 13.5. The van der Waals surface area contributed by atoms with Crippen molar-refractivity contribution in [1.82, 2.24) is 10.6 Å². The third-order valence-corrected chi connectivity index (χ3v) is 3.47. The largest absolute Gasteiger partial charge is 0.369 e. The maximum absolute atomic E-state index is 11.8. The smallest absolute Gasteiger partial charge is 0.251 e. The molecule has 2 atom stereocenters. The molecule has 1 fully saturated rings. The molecule has 16 heavy (non-hydrogen) atoms. The maximum atomic E-state index is 11.8. The summed E-state index contributed by atoms with van der Waals surface area (Å²) in [6, 6.07) is 0.394. The summed E-state index contributed by atoms with van der Waals surface area (Å²) in [5.41, 5.74) is -0.738. The molecule has 0 radical (unpaired) electrons. The van der Waals surface area contributed by atoms with E-state index in [9.17, 15) is 4.79 Å². The number of hydrogen-bond donors (Lipinski definition) is 2. The Morgan fingerprint density at radius 1 is 1.56 bits per heavy atom. The molecule has 0 aromatic rings. The number of carbonyl (C=O) groups excluding carboxylic acids is 1. The van der Waals surface area contributed by atoms with Crippen molar-refractivity contribution in [2.24, 2.45) is 5.92 Å². The van der Waals surface area contributed by atoms with E-state index in [4.69, 9.17) is 4.74 Å². The second-order valence-electron chi connectivity index (χ2n) is 5.10. The topological polar surface area (TPSA) is 50.4 Å². The van der Waals surface area contributed by atoms with Gasteiger partial charge in [0.2, 0.25) is 0 Å². The molecule has 1 aliphatic heterocycles. The molecule has 4 nitrogen and oxygen atoms in total. The Labute approximate surface area is 98.1 Å². The monoisotopic (exact) mass is 228 g/mol. The molecule has 2 N–H and O–H groups in total. The lowest BCUT2D eigenvalue weighted by Gasteiger charge is -2.31. The van der Waals surface area contributed by atoms with Crippen molar-refractivity contribution in [3.8, 4) is 0 Å². The van der Waals surface area contributed by atoms with Crippen LogP contribution in [-0.4, -0.2) is 37.7 Å². The normalized spacial score (nSPS) is 26.5. The van der Waals surface area contributed by atoms with E-state index >= 15 is 0 Å². The number of hydrogen-bond acceptors (Lipinski definition) is 3. The quantitative estimate of drug-likeness (QED) is 0.752. The summed E-state index contributed by atoms with van der Waals surface area (Å²) < 4.78 is 5.13. The Bertz CT molecular complexity index is 241. The average Bonchev–Trinajstić information content (AvgIpc) is 2.27. The van der Waals surface area contributed by atoms with Gasteiger partial charge in [0.1, 0.15) is 5.60 Å². The minimum atomic E-state index is -0.738. The summed E-state index contributed by atoms with van der Waals surface area (Å²) in [4.78, 5) is 11.8. The summed E-state index contributed by atoms with van der Waals surface area (Å²) >= 11 is 0. The van der Waals surface area contributed by atoms with Crippen molar-refractivity contribution in [2.45, 2.75) is 45.3 Å². The van der Waals surface area contributed by atoms with E-state index in [1.807, 2.05) is 0 Å². The van der Waals surface area contributed by atoms with Crippen LogP contribution in [0.4, 0.5) is 0 Å². The van der Waals surface area contributed by atoms with Crippen LogP contribution in [0.2, 0.25) is 0 Å². The van der Waals surface area contributed by atoms with Crippen LogP contribution < -0.4 is 10.6 Å². The molecule has 0 bridgehead atoms. The van der Waals surface area contributed by atoms with Gasteiger partial charge in [0.25, 0.3) is 5.91 Å². The van der Waals surface area contributed by atoms with Crippen LogP contribution in [0.15, 0.2) is 0 Å². The third-order valence-electron chi connectivity index (χ3n) is 3.47. The van der Waals surface area contributed by atoms with Gasteiger partial charge in [-0.2, -0.15) is 0 Å². The highest BCUT2D eigenvalue weighted by molar-refractivity contribution is 5.84. The lowest BCUT2D eigenvalue weighted by atomic mass is 9.92. The van der Waals surface area contributed by atoms with Crippen molar-refractivity contribution in [3.63, 3.8) is 0 Å². The number of nitrogens with one attached hydrogen (secondary N) is 2. The Morgan fingerprint density at radius 2 is 2.25 bits per heavy atom. The van der Waals surface area contributed by atoms with Crippen molar-refractivity contribution < 1.29 is 9.53 Å². The first-order valence-electron chi connectivity index (χ1n) is 6.04. The fourth-order valence-electron chi connectivity index (χ4n) is 1.90. The predicted octanol–water partition coefficient (Wildman–Crippen LogP) is 0.916. The molecule has 1 aliphatic rings. The maximum Gasteiger partial charge on any atom is 0.251 e. The molecule has 1 heterocycles. The lowest BCUT2D eigenvalue weighted by Crippen LogP contribution is -2.51. The van der Waals surface area contributed by atoms with E-state index in [2.05, 4.69) is 17.6 Å². The van der Waals surface area contributed by atoms with Gasteiger partial charge < -0.3 is 15.4 Å². The van der Waals surface area contributed by atoms with E-state index in [1.54, 1.807) is 21.0 Å². The minimum absolute atomic E-state index is 0.0467. The second-order valence-corrected chi connectivity index (χ2v) is 5.10. The highest BCUT2D eigenvalue weighted by atomic mass is 16.5. The molecule has 0 saturated carbocycles. The van der Waals surface area contributed by atoms with Crippen LogP contribution >= 0.6 is 0 Å². The minimum Gasteiger partial charge on any atom is -0.369 e. The van der Waals surface area contributed by atoms with Gasteiger partial charge in [-0.3, -0.25) is 4.79 Å². The summed E-state index contributed by atoms with van der Waals surface area (Å²) in [7, 11) is 1.56. The van der Waals surface area contributed by atoms with Crippen LogP contribution in [0.3, 0.4) is 0 Å². The van der Waals surface area contributed by atoms with E-state index in [1.165, 1.54) is 12.8 Å². The zero-order chi connectivity index (χ0) is 12.2. The van der Waals surface area contributed by atoms with E-state index < -0.39 is 5.60 Å². The van der Waals surface area contributed by atoms with Gasteiger partial charge in [-0.15, -0.1) is 0 Å². The van der Waals surface area contributed by atoms with E-state index in [0.29, 0.717) is 18.5 Å². The van der Waals surface area contributed by atoms with Gasteiger partial charge in [0.15, 0.2) is 0 Å². The van der Waals surface area contributed by atoms with Gasteiger partial charge in [-0.25, -0.2) is 0 Å². The van der Waals surface area contributed by atoms with Gasteiger partial charge in [0, 0.05) is 19.7 Å². The highest BCUT2D eigenvalue weighted by Gasteiger charge is 2.28. The van der Waals surface area contributed by atoms with Gasteiger partial charge in [-0.05, 0) is 39.2 Å². The van der Waals surface area contributed by atoms with Gasteiger partial charge in [0.05, 0.1) is 0 Å². The van der Waals surface area contributed by atoms with Crippen LogP contribution in [0.25, 0.3) is 0 Å². The first-order chi connectivity index (χ1) is 7.47. The van der Waals surface area contributed by atoms with Gasteiger partial charge >= 0.3 is 0 Å². The molecular formula is C12H24N2O2. The van der Waals surface area contributed by atoms with E-state index in [0.717, 1.165) is 6.54 Å². The standard InChI is InChI=1S/C12H24N2O2/c1-9-6-5-7-13-10(9)8-14-11(15)12(2,3)16-4/h9-10,13H,5-8H2,1-4H3,(H,14,15). The molecule has 2 unspecified atom stereocenters. The number of ether oxygens (including phenoxy) is 1. The molecule has 0 spiro atoms. The molecule has 94 valence electrons. The Hall–Kier alpha value is -0.610. The molecular weight excluding hydrogens is 204 g/mol.